The molecule has 0 saturated heterocycles. The molecule has 0 aliphatic heterocycles. The van der Waals surface area contributed by atoms with Gasteiger partial charge in [-0.1, -0.05) is 6.07 Å². The molecule has 0 amide bonds. The molecule has 0 radical (unpaired) electrons. The molecule has 0 aliphatic carbocycles. The molecule has 5 heteroatoms. The largest absolute Gasteiger partial charge is 0.324 e. The van der Waals surface area contributed by atoms with E-state index in [0.29, 0.717) is 12.4 Å². The topological polar surface area (TPSA) is 56.7 Å². The Morgan fingerprint density at radius 3 is 3.07 bits per heavy atom. The average molecular weight is 208 g/mol. The highest BCUT2D eigenvalue weighted by Crippen LogP contribution is 2.09. The van der Waals surface area contributed by atoms with Crippen molar-refractivity contribution in [2.45, 2.75) is 19.5 Å². The number of nitrogens with two attached hydrogens (primary N) is 1. The Morgan fingerprint density at radius 1 is 1.50 bits per heavy atom. The van der Waals surface area contributed by atoms with E-state index < -0.39 is 0 Å². The van der Waals surface area contributed by atoms with E-state index in [2.05, 4.69) is 27.6 Å². The quantitative estimate of drug-likeness (QED) is 0.816. The summed E-state index contributed by atoms with van der Waals surface area (Å²) in [4.78, 5) is 5.44. The van der Waals surface area contributed by atoms with Gasteiger partial charge in [0.1, 0.15) is 6.33 Å². The Morgan fingerprint density at radius 2 is 2.43 bits per heavy atom. The summed E-state index contributed by atoms with van der Waals surface area (Å²) in [6, 6.07) is 4.19. The van der Waals surface area contributed by atoms with Crippen LogP contribution in [0.4, 0.5) is 0 Å². The van der Waals surface area contributed by atoms with Gasteiger partial charge in [0.25, 0.3) is 0 Å². The fraction of sp³-hybridized carbons (Fsp3) is 0.333. The first-order valence-electron chi connectivity index (χ1n) is 4.49. The van der Waals surface area contributed by atoms with Gasteiger partial charge in [-0.3, -0.25) is 4.68 Å². The SMILES string of the molecule is NCc1ncn(CCc2cccs2)n1. The van der Waals surface area contributed by atoms with Gasteiger partial charge in [0.05, 0.1) is 6.54 Å². The Kier molecular flexibility index (Phi) is 2.90. The summed E-state index contributed by atoms with van der Waals surface area (Å²) in [5, 5.41) is 6.30. The zero-order valence-corrected chi connectivity index (χ0v) is 8.57. The highest BCUT2D eigenvalue weighted by atomic mass is 32.1. The zero-order chi connectivity index (χ0) is 9.80. The van der Waals surface area contributed by atoms with Crippen LogP contribution in [-0.2, 0) is 19.5 Å². The summed E-state index contributed by atoms with van der Waals surface area (Å²) >= 11 is 1.77. The minimum Gasteiger partial charge on any atom is -0.324 e. The van der Waals surface area contributed by atoms with Crippen molar-refractivity contribution in [3.05, 3.63) is 34.5 Å². The molecule has 0 spiro atoms. The monoisotopic (exact) mass is 208 g/mol. The van der Waals surface area contributed by atoms with E-state index in [-0.39, 0.29) is 0 Å². The van der Waals surface area contributed by atoms with Gasteiger partial charge in [0.2, 0.25) is 0 Å². The molecule has 74 valence electrons. The molecular formula is C9H12N4S. The molecular weight excluding hydrogens is 196 g/mol. The first-order valence-corrected chi connectivity index (χ1v) is 5.37. The van der Waals surface area contributed by atoms with Crippen LogP contribution >= 0.6 is 11.3 Å². The molecule has 2 N–H and O–H groups in total. The number of hydrogen-bond donors (Lipinski definition) is 1. The lowest BCUT2D eigenvalue weighted by atomic mass is 10.3. The zero-order valence-electron chi connectivity index (χ0n) is 7.76. The molecule has 0 fully saturated rings. The van der Waals surface area contributed by atoms with Gasteiger partial charge in [-0.2, -0.15) is 5.10 Å². The Labute approximate surface area is 86.4 Å². The molecule has 0 saturated carbocycles. The van der Waals surface area contributed by atoms with Crippen LogP contribution in [0.15, 0.2) is 23.8 Å². The maximum absolute atomic E-state index is 5.42. The summed E-state index contributed by atoms with van der Waals surface area (Å²) in [7, 11) is 0. The van der Waals surface area contributed by atoms with E-state index in [1.165, 1.54) is 4.88 Å². The maximum Gasteiger partial charge on any atom is 0.164 e. The first kappa shape index (κ1) is 9.36. The number of thiophene rings is 1. The van der Waals surface area contributed by atoms with Crippen LogP contribution in [0, 0.1) is 0 Å². The molecule has 2 aromatic heterocycles. The molecule has 0 aliphatic rings. The Balaban J connectivity index is 1.92. The summed E-state index contributed by atoms with van der Waals surface area (Å²) in [6.07, 6.45) is 2.74. The Hall–Kier alpha value is -1.20. The molecule has 0 atom stereocenters. The number of nitrogens with zero attached hydrogens (tertiary/aromatic N) is 3. The van der Waals surface area contributed by atoms with Crippen LogP contribution in [0.3, 0.4) is 0 Å². The number of rotatable bonds is 4. The minimum absolute atomic E-state index is 0.409. The maximum atomic E-state index is 5.42. The van der Waals surface area contributed by atoms with E-state index in [0.717, 1.165) is 13.0 Å². The van der Waals surface area contributed by atoms with Crippen molar-refractivity contribution >= 4 is 11.3 Å². The molecule has 0 bridgehead atoms. The van der Waals surface area contributed by atoms with E-state index in [4.69, 9.17) is 5.73 Å². The molecule has 0 unspecified atom stereocenters. The molecule has 4 nitrogen and oxygen atoms in total. The first-order chi connectivity index (χ1) is 6.88. The smallest absolute Gasteiger partial charge is 0.164 e. The van der Waals surface area contributed by atoms with Crippen molar-refractivity contribution < 1.29 is 0 Å². The Bertz CT molecular complexity index is 379. The van der Waals surface area contributed by atoms with E-state index in [1.807, 2.05) is 4.68 Å². The van der Waals surface area contributed by atoms with Gasteiger partial charge < -0.3 is 5.73 Å². The second-order valence-corrected chi connectivity index (χ2v) is 3.99. The second-order valence-electron chi connectivity index (χ2n) is 2.96. The third kappa shape index (κ3) is 2.18. The van der Waals surface area contributed by atoms with Crippen LogP contribution in [0.25, 0.3) is 0 Å². The van der Waals surface area contributed by atoms with Crippen molar-refractivity contribution in [3.63, 3.8) is 0 Å². The van der Waals surface area contributed by atoms with Crippen molar-refractivity contribution in [1.29, 1.82) is 0 Å². The van der Waals surface area contributed by atoms with E-state index in [9.17, 15) is 0 Å². The van der Waals surface area contributed by atoms with Crippen LogP contribution in [0.5, 0.6) is 0 Å². The summed E-state index contributed by atoms with van der Waals surface area (Å²) in [5.74, 6) is 0.705. The van der Waals surface area contributed by atoms with Crippen molar-refractivity contribution in [2.75, 3.05) is 0 Å². The highest BCUT2D eigenvalue weighted by Gasteiger charge is 1.99. The lowest BCUT2D eigenvalue weighted by Crippen LogP contribution is -2.03. The normalized spacial score (nSPS) is 10.6. The van der Waals surface area contributed by atoms with Gasteiger partial charge >= 0.3 is 0 Å². The number of aryl methyl sites for hydroxylation is 2. The third-order valence-electron chi connectivity index (χ3n) is 1.93. The van der Waals surface area contributed by atoms with Crippen molar-refractivity contribution in [2.24, 2.45) is 5.73 Å². The molecule has 2 heterocycles. The van der Waals surface area contributed by atoms with Gasteiger partial charge in [0, 0.05) is 17.8 Å². The second kappa shape index (κ2) is 4.34. The predicted molar refractivity (Wildman–Crippen MR) is 55.9 cm³/mol. The van der Waals surface area contributed by atoms with E-state index in [1.54, 1.807) is 17.7 Å². The van der Waals surface area contributed by atoms with Gasteiger partial charge in [0.15, 0.2) is 5.82 Å². The summed E-state index contributed by atoms with van der Waals surface area (Å²) in [6.45, 7) is 1.28. The third-order valence-corrected chi connectivity index (χ3v) is 2.87. The average Bonchev–Trinajstić information content (AvgIpc) is 2.86. The predicted octanol–water partition coefficient (Wildman–Crippen LogP) is 1.04. The molecule has 2 aromatic rings. The van der Waals surface area contributed by atoms with Gasteiger partial charge in [-0.05, 0) is 11.4 Å². The summed E-state index contributed by atoms with van der Waals surface area (Å²) in [5.41, 5.74) is 5.42. The van der Waals surface area contributed by atoms with Crippen LogP contribution in [0.2, 0.25) is 0 Å². The minimum atomic E-state index is 0.409. The lowest BCUT2D eigenvalue weighted by molar-refractivity contribution is 0.608. The summed E-state index contributed by atoms with van der Waals surface area (Å²) < 4.78 is 1.84. The highest BCUT2D eigenvalue weighted by molar-refractivity contribution is 7.09. The van der Waals surface area contributed by atoms with Crippen LogP contribution in [0.1, 0.15) is 10.7 Å². The number of hydrogen-bond acceptors (Lipinski definition) is 4. The van der Waals surface area contributed by atoms with Crippen LogP contribution < -0.4 is 5.73 Å². The lowest BCUT2D eigenvalue weighted by Gasteiger charge is -1.97. The van der Waals surface area contributed by atoms with Crippen molar-refractivity contribution in [1.82, 2.24) is 14.8 Å². The fourth-order valence-electron chi connectivity index (χ4n) is 1.21. The fourth-order valence-corrected chi connectivity index (χ4v) is 1.91. The molecule has 2 rings (SSSR count). The van der Waals surface area contributed by atoms with Gasteiger partial charge in [-0.15, -0.1) is 11.3 Å². The van der Waals surface area contributed by atoms with Gasteiger partial charge in [-0.25, -0.2) is 4.98 Å². The molecule has 0 aromatic carbocycles. The van der Waals surface area contributed by atoms with Crippen molar-refractivity contribution in [3.8, 4) is 0 Å². The molecule has 14 heavy (non-hydrogen) atoms. The standard InChI is InChI=1S/C9H12N4S/c10-6-9-11-7-13(12-9)4-3-8-2-1-5-14-8/h1-2,5,7H,3-4,6,10H2. The number of aromatic nitrogens is 3. The van der Waals surface area contributed by atoms with Crippen LogP contribution in [-0.4, -0.2) is 14.8 Å². The van der Waals surface area contributed by atoms with E-state index >= 15 is 0 Å².